The molecule has 1 aromatic rings. The van der Waals surface area contributed by atoms with E-state index in [9.17, 15) is 9.59 Å². The Morgan fingerprint density at radius 1 is 1.48 bits per heavy atom. The second-order valence-corrected chi connectivity index (χ2v) is 6.10. The second kappa shape index (κ2) is 6.35. The Labute approximate surface area is 129 Å². The van der Waals surface area contributed by atoms with Gasteiger partial charge in [0.05, 0.1) is 18.5 Å². The van der Waals surface area contributed by atoms with E-state index < -0.39 is 5.54 Å². The van der Waals surface area contributed by atoms with Gasteiger partial charge >= 0.3 is 6.09 Å². The monoisotopic (exact) mass is 310 g/mol. The summed E-state index contributed by atoms with van der Waals surface area (Å²) in [4.78, 5) is 25.2. The van der Waals surface area contributed by atoms with Gasteiger partial charge in [0, 0.05) is 11.6 Å². The number of nitrogens with zero attached hydrogens (tertiary/aromatic N) is 1. The molecule has 1 aliphatic heterocycles. The minimum Gasteiger partial charge on any atom is -0.448 e. The van der Waals surface area contributed by atoms with E-state index in [1.165, 1.54) is 0 Å². The van der Waals surface area contributed by atoms with E-state index in [1.54, 1.807) is 17.0 Å². The van der Waals surface area contributed by atoms with Crippen molar-refractivity contribution in [3.8, 4) is 0 Å². The standard InChI is InChI=1S/C15H19ClN2O3/c1-15(2,18-6-7-21-14(18)20)10-17-13(19)9-11-4-3-5-12(16)8-11/h3-5,8H,6-7,9-10H2,1-2H3,(H,17,19). The summed E-state index contributed by atoms with van der Waals surface area (Å²) >= 11 is 5.89. The molecule has 0 radical (unpaired) electrons. The van der Waals surface area contributed by atoms with Crippen molar-refractivity contribution in [3.63, 3.8) is 0 Å². The Morgan fingerprint density at radius 3 is 2.86 bits per heavy atom. The number of ether oxygens (including phenoxy) is 1. The number of hydrogen-bond acceptors (Lipinski definition) is 3. The van der Waals surface area contributed by atoms with Crippen LogP contribution in [-0.4, -0.2) is 42.1 Å². The van der Waals surface area contributed by atoms with Crippen LogP contribution >= 0.6 is 11.6 Å². The van der Waals surface area contributed by atoms with Gasteiger partial charge in [-0.25, -0.2) is 4.79 Å². The molecule has 0 aromatic heterocycles. The zero-order valence-corrected chi connectivity index (χ0v) is 12.9. The van der Waals surface area contributed by atoms with Crippen LogP contribution < -0.4 is 5.32 Å². The van der Waals surface area contributed by atoms with E-state index in [1.807, 2.05) is 26.0 Å². The molecule has 0 spiro atoms. The number of rotatable bonds is 5. The maximum atomic E-state index is 12.0. The molecule has 1 fully saturated rings. The minimum absolute atomic E-state index is 0.0992. The lowest BCUT2D eigenvalue weighted by Gasteiger charge is -2.33. The van der Waals surface area contributed by atoms with Crippen LogP contribution in [0.5, 0.6) is 0 Å². The number of nitrogens with one attached hydrogen (secondary N) is 1. The van der Waals surface area contributed by atoms with Crippen molar-refractivity contribution in [2.75, 3.05) is 19.7 Å². The zero-order chi connectivity index (χ0) is 15.5. The highest BCUT2D eigenvalue weighted by atomic mass is 35.5. The SMILES string of the molecule is CC(C)(CNC(=O)Cc1cccc(Cl)c1)N1CCOC1=O. The van der Waals surface area contributed by atoms with E-state index in [2.05, 4.69) is 5.32 Å². The summed E-state index contributed by atoms with van der Waals surface area (Å²) in [6.07, 6.45) is -0.0646. The molecular formula is C15H19ClN2O3. The highest BCUT2D eigenvalue weighted by molar-refractivity contribution is 6.30. The lowest BCUT2D eigenvalue weighted by atomic mass is 10.0. The summed E-state index contributed by atoms with van der Waals surface area (Å²) in [7, 11) is 0. The number of benzene rings is 1. The summed E-state index contributed by atoms with van der Waals surface area (Å²) in [5.74, 6) is -0.0992. The van der Waals surface area contributed by atoms with Gasteiger partial charge in [-0.3, -0.25) is 9.69 Å². The maximum absolute atomic E-state index is 12.0. The Balaban J connectivity index is 1.87. The minimum atomic E-state index is -0.475. The van der Waals surface area contributed by atoms with Gasteiger partial charge in [-0.05, 0) is 31.5 Å². The smallest absolute Gasteiger partial charge is 0.410 e. The van der Waals surface area contributed by atoms with Crippen LogP contribution in [0.1, 0.15) is 19.4 Å². The average Bonchev–Trinajstić information content (AvgIpc) is 2.84. The second-order valence-electron chi connectivity index (χ2n) is 5.66. The van der Waals surface area contributed by atoms with Crippen LogP contribution in [0.15, 0.2) is 24.3 Å². The summed E-state index contributed by atoms with van der Waals surface area (Å²) in [6.45, 7) is 5.13. The highest BCUT2D eigenvalue weighted by Crippen LogP contribution is 2.18. The molecule has 21 heavy (non-hydrogen) atoms. The van der Waals surface area contributed by atoms with E-state index in [-0.39, 0.29) is 18.4 Å². The Morgan fingerprint density at radius 2 is 2.24 bits per heavy atom. The fraction of sp³-hybridized carbons (Fsp3) is 0.467. The average molecular weight is 311 g/mol. The maximum Gasteiger partial charge on any atom is 0.410 e. The molecule has 5 nitrogen and oxygen atoms in total. The number of hydrogen-bond donors (Lipinski definition) is 1. The first-order chi connectivity index (χ1) is 9.88. The van der Waals surface area contributed by atoms with Crippen LogP contribution in [0.3, 0.4) is 0 Å². The highest BCUT2D eigenvalue weighted by Gasteiger charge is 2.35. The van der Waals surface area contributed by atoms with Gasteiger partial charge in [0.1, 0.15) is 6.61 Å². The summed E-state index contributed by atoms with van der Waals surface area (Å²) in [5, 5.41) is 3.47. The van der Waals surface area contributed by atoms with Gasteiger partial charge in [-0.2, -0.15) is 0 Å². The van der Waals surface area contributed by atoms with Crippen molar-refractivity contribution in [1.29, 1.82) is 0 Å². The Bertz CT molecular complexity index is 545. The fourth-order valence-corrected chi connectivity index (χ4v) is 2.46. The molecular weight excluding hydrogens is 292 g/mol. The molecule has 0 saturated carbocycles. The van der Waals surface area contributed by atoms with E-state index in [0.29, 0.717) is 24.7 Å². The van der Waals surface area contributed by atoms with Crippen molar-refractivity contribution in [3.05, 3.63) is 34.9 Å². The normalized spacial score (nSPS) is 15.0. The number of carbonyl (C=O) groups is 2. The number of cyclic esters (lactones) is 1. The fourth-order valence-electron chi connectivity index (χ4n) is 2.25. The van der Waals surface area contributed by atoms with Crippen LogP contribution in [0.25, 0.3) is 0 Å². The van der Waals surface area contributed by atoms with Gasteiger partial charge in [0.15, 0.2) is 0 Å². The van der Waals surface area contributed by atoms with Crippen molar-refractivity contribution in [1.82, 2.24) is 10.2 Å². The van der Waals surface area contributed by atoms with Crippen molar-refractivity contribution in [2.45, 2.75) is 25.8 Å². The molecule has 0 unspecified atom stereocenters. The lowest BCUT2D eigenvalue weighted by molar-refractivity contribution is -0.120. The van der Waals surface area contributed by atoms with Gasteiger partial charge in [0.25, 0.3) is 0 Å². The first kappa shape index (κ1) is 15.6. The van der Waals surface area contributed by atoms with Gasteiger partial charge in [0.2, 0.25) is 5.91 Å². The molecule has 1 saturated heterocycles. The van der Waals surface area contributed by atoms with Crippen LogP contribution in [0, 0.1) is 0 Å². The van der Waals surface area contributed by atoms with E-state index in [0.717, 1.165) is 5.56 Å². The number of halogens is 1. The van der Waals surface area contributed by atoms with Crippen molar-refractivity contribution >= 4 is 23.6 Å². The third-order valence-corrected chi connectivity index (χ3v) is 3.70. The third-order valence-electron chi connectivity index (χ3n) is 3.46. The molecule has 1 heterocycles. The van der Waals surface area contributed by atoms with Crippen molar-refractivity contribution < 1.29 is 14.3 Å². The summed E-state index contributed by atoms with van der Waals surface area (Å²) in [5.41, 5.74) is 0.385. The number of carbonyl (C=O) groups excluding carboxylic acids is 2. The topological polar surface area (TPSA) is 58.6 Å². The Hall–Kier alpha value is -1.75. The quantitative estimate of drug-likeness (QED) is 0.907. The summed E-state index contributed by atoms with van der Waals surface area (Å²) in [6, 6.07) is 7.21. The Kier molecular flexibility index (Phi) is 4.73. The molecule has 1 aromatic carbocycles. The molecule has 2 rings (SSSR count). The summed E-state index contributed by atoms with van der Waals surface area (Å²) < 4.78 is 4.93. The molecule has 6 heteroatoms. The van der Waals surface area contributed by atoms with Crippen LogP contribution in [0.4, 0.5) is 4.79 Å². The molecule has 2 amide bonds. The van der Waals surface area contributed by atoms with Gasteiger partial charge in [-0.1, -0.05) is 23.7 Å². The lowest BCUT2D eigenvalue weighted by Crippen LogP contribution is -2.52. The first-order valence-electron chi connectivity index (χ1n) is 6.84. The molecule has 0 aliphatic carbocycles. The van der Waals surface area contributed by atoms with Crippen molar-refractivity contribution in [2.24, 2.45) is 0 Å². The van der Waals surface area contributed by atoms with E-state index in [4.69, 9.17) is 16.3 Å². The molecule has 0 bridgehead atoms. The number of amides is 2. The molecule has 1 N–H and O–H groups in total. The van der Waals surface area contributed by atoms with Gasteiger partial charge < -0.3 is 10.1 Å². The molecule has 1 aliphatic rings. The third kappa shape index (κ3) is 4.11. The van der Waals surface area contributed by atoms with Gasteiger partial charge in [-0.15, -0.1) is 0 Å². The van der Waals surface area contributed by atoms with E-state index >= 15 is 0 Å². The molecule has 0 atom stereocenters. The predicted molar refractivity (Wildman–Crippen MR) is 80.3 cm³/mol. The predicted octanol–water partition coefficient (Wildman–Crippen LogP) is 2.23. The van der Waals surface area contributed by atoms with Crippen LogP contribution in [0.2, 0.25) is 5.02 Å². The first-order valence-corrected chi connectivity index (χ1v) is 7.22. The molecule has 114 valence electrons. The largest absolute Gasteiger partial charge is 0.448 e. The zero-order valence-electron chi connectivity index (χ0n) is 12.2. The van der Waals surface area contributed by atoms with Crippen LogP contribution in [-0.2, 0) is 16.0 Å².